The highest BCUT2D eigenvalue weighted by Gasteiger charge is 2.09. The molecule has 0 amide bonds. The molecule has 0 radical (unpaired) electrons. The van der Waals surface area contributed by atoms with Crippen molar-refractivity contribution < 1.29 is 14.3 Å². The van der Waals surface area contributed by atoms with Crippen LogP contribution in [0.15, 0.2) is 36.4 Å². The van der Waals surface area contributed by atoms with Gasteiger partial charge < -0.3 is 9.47 Å². The largest absolute Gasteiger partial charge is 0.497 e. The molecule has 3 nitrogen and oxygen atoms in total. The second-order valence-electron chi connectivity index (χ2n) is 4.91. The summed E-state index contributed by atoms with van der Waals surface area (Å²) in [6, 6.07) is 12.3. The Kier molecular flexibility index (Phi) is 4.61. The summed E-state index contributed by atoms with van der Waals surface area (Å²) in [4.78, 5) is 11.2. The number of carbonyl (C=O) groups excluding carboxylic acids is 1. The first-order chi connectivity index (χ1) is 9.63. The Morgan fingerprint density at radius 3 is 2.55 bits per heavy atom. The zero-order valence-electron chi connectivity index (χ0n) is 12.2. The standard InChI is InChI=1S/C17H20O3/c1-4-17(18)20-11-12(2)13-5-6-15-10-16(19-3)8-7-14(15)9-13/h5-10,12H,4,11H2,1-3H3/t12-/m1/s1. The van der Waals surface area contributed by atoms with Crippen molar-refractivity contribution in [1.82, 2.24) is 0 Å². The van der Waals surface area contributed by atoms with Crippen LogP contribution in [0.4, 0.5) is 0 Å². The fraction of sp³-hybridized carbons (Fsp3) is 0.353. The van der Waals surface area contributed by atoms with E-state index in [1.807, 2.05) is 18.2 Å². The number of hydrogen-bond donors (Lipinski definition) is 0. The van der Waals surface area contributed by atoms with Crippen LogP contribution >= 0.6 is 0 Å². The van der Waals surface area contributed by atoms with Gasteiger partial charge in [-0.1, -0.05) is 38.1 Å². The van der Waals surface area contributed by atoms with Crippen molar-refractivity contribution in [3.63, 3.8) is 0 Å². The van der Waals surface area contributed by atoms with Crippen LogP contribution < -0.4 is 4.74 Å². The molecule has 0 aliphatic heterocycles. The Balaban J connectivity index is 2.16. The van der Waals surface area contributed by atoms with Gasteiger partial charge >= 0.3 is 5.97 Å². The molecule has 1 atom stereocenters. The Bertz CT molecular complexity index is 604. The van der Waals surface area contributed by atoms with Crippen molar-refractivity contribution >= 4 is 16.7 Å². The van der Waals surface area contributed by atoms with E-state index < -0.39 is 0 Å². The number of benzene rings is 2. The SMILES string of the molecule is CCC(=O)OC[C@@H](C)c1ccc2cc(OC)ccc2c1. The second-order valence-corrected chi connectivity index (χ2v) is 4.91. The molecule has 0 N–H and O–H groups in total. The number of rotatable bonds is 5. The van der Waals surface area contributed by atoms with Crippen molar-refractivity contribution in [2.45, 2.75) is 26.2 Å². The molecule has 0 unspecified atom stereocenters. The van der Waals surface area contributed by atoms with Crippen LogP contribution in [0.25, 0.3) is 10.8 Å². The molecule has 2 rings (SSSR count). The Hall–Kier alpha value is -2.03. The van der Waals surface area contributed by atoms with Gasteiger partial charge in [-0.3, -0.25) is 4.79 Å². The Morgan fingerprint density at radius 1 is 1.15 bits per heavy atom. The lowest BCUT2D eigenvalue weighted by atomic mass is 9.98. The van der Waals surface area contributed by atoms with Crippen LogP contribution in [0.5, 0.6) is 5.75 Å². The lowest BCUT2D eigenvalue weighted by Crippen LogP contribution is -2.09. The summed E-state index contributed by atoms with van der Waals surface area (Å²) in [5.74, 6) is 0.898. The van der Waals surface area contributed by atoms with Gasteiger partial charge in [-0.05, 0) is 28.5 Å². The van der Waals surface area contributed by atoms with Gasteiger partial charge in [0.25, 0.3) is 0 Å². The van der Waals surface area contributed by atoms with Gasteiger partial charge in [0.2, 0.25) is 0 Å². The maximum Gasteiger partial charge on any atom is 0.305 e. The van der Waals surface area contributed by atoms with Crippen LogP contribution in [0.1, 0.15) is 31.7 Å². The molecule has 0 saturated heterocycles. The topological polar surface area (TPSA) is 35.5 Å². The van der Waals surface area contributed by atoms with E-state index in [9.17, 15) is 4.79 Å². The quantitative estimate of drug-likeness (QED) is 0.774. The number of esters is 1. The summed E-state index contributed by atoms with van der Waals surface area (Å²) in [5.41, 5.74) is 1.17. The Morgan fingerprint density at radius 2 is 1.85 bits per heavy atom. The van der Waals surface area contributed by atoms with E-state index in [2.05, 4.69) is 25.1 Å². The van der Waals surface area contributed by atoms with Crippen molar-refractivity contribution in [3.8, 4) is 5.75 Å². The van der Waals surface area contributed by atoms with Crippen LogP contribution in [0, 0.1) is 0 Å². The van der Waals surface area contributed by atoms with Crippen molar-refractivity contribution in [3.05, 3.63) is 42.0 Å². The zero-order valence-corrected chi connectivity index (χ0v) is 12.2. The molecule has 3 heteroatoms. The molecule has 0 aliphatic carbocycles. The zero-order chi connectivity index (χ0) is 14.5. The fourth-order valence-corrected chi connectivity index (χ4v) is 2.09. The van der Waals surface area contributed by atoms with Gasteiger partial charge in [-0.2, -0.15) is 0 Å². The normalized spacial score (nSPS) is 12.2. The summed E-state index contributed by atoms with van der Waals surface area (Å²) in [6.45, 7) is 4.29. The van der Waals surface area contributed by atoms with E-state index in [0.29, 0.717) is 13.0 Å². The fourth-order valence-electron chi connectivity index (χ4n) is 2.09. The lowest BCUT2D eigenvalue weighted by Gasteiger charge is -2.13. The molecule has 0 bridgehead atoms. The van der Waals surface area contributed by atoms with Crippen LogP contribution in [-0.2, 0) is 9.53 Å². The van der Waals surface area contributed by atoms with Gasteiger partial charge in [-0.15, -0.1) is 0 Å². The highest BCUT2D eigenvalue weighted by Crippen LogP contribution is 2.25. The van der Waals surface area contributed by atoms with Gasteiger partial charge in [0, 0.05) is 12.3 Å². The van der Waals surface area contributed by atoms with Crippen molar-refractivity contribution in [2.24, 2.45) is 0 Å². The van der Waals surface area contributed by atoms with Crippen LogP contribution in [0.3, 0.4) is 0 Å². The third-order valence-corrected chi connectivity index (χ3v) is 3.42. The third-order valence-electron chi connectivity index (χ3n) is 3.42. The minimum Gasteiger partial charge on any atom is -0.497 e. The predicted molar refractivity (Wildman–Crippen MR) is 80.2 cm³/mol. The average Bonchev–Trinajstić information content (AvgIpc) is 2.50. The van der Waals surface area contributed by atoms with Gasteiger partial charge in [0.1, 0.15) is 5.75 Å². The summed E-state index contributed by atoms with van der Waals surface area (Å²) < 4.78 is 10.4. The van der Waals surface area contributed by atoms with E-state index in [4.69, 9.17) is 9.47 Å². The van der Waals surface area contributed by atoms with E-state index in [-0.39, 0.29) is 11.9 Å². The first-order valence-electron chi connectivity index (χ1n) is 6.87. The molecule has 0 spiro atoms. The highest BCUT2D eigenvalue weighted by atomic mass is 16.5. The molecule has 0 saturated carbocycles. The predicted octanol–water partition coefficient (Wildman–Crippen LogP) is 3.91. The maximum absolute atomic E-state index is 11.2. The third kappa shape index (κ3) is 3.29. The van der Waals surface area contributed by atoms with Gasteiger partial charge in [0.05, 0.1) is 13.7 Å². The molecule has 106 valence electrons. The molecular formula is C17H20O3. The summed E-state index contributed by atoms with van der Waals surface area (Å²) in [7, 11) is 1.67. The van der Waals surface area contributed by atoms with Gasteiger partial charge in [-0.25, -0.2) is 0 Å². The molecule has 2 aromatic rings. The Labute approximate surface area is 119 Å². The second kappa shape index (κ2) is 6.42. The summed E-state index contributed by atoms with van der Waals surface area (Å²) >= 11 is 0. The smallest absolute Gasteiger partial charge is 0.305 e. The van der Waals surface area contributed by atoms with Crippen LogP contribution in [0.2, 0.25) is 0 Å². The lowest BCUT2D eigenvalue weighted by molar-refractivity contribution is -0.143. The minimum absolute atomic E-state index is 0.151. The molecule has 2 aromatic carbocycles. The average molecular weight is 272 g/mol. The number of ether oxygens (including phenoxy) is 2. The molecule has 20 heavy (non-hydrogen) atoms. The molecule has 0 fully saturated rings. The number of hydrogen-bond acceptors (Lipinski definition) is 3. The maximum atomic E-state index is 11.2. The van der Waals surface area contributed by atoms with E-state index in [0.717, 1.165) is 16.5 Å². The molecule has 0 aromatic heterocycles. The van der Waals surface area contributed by atoms with E-state index in [1.54, 1.807) is 14.0 Å². The summed E-state index contributed by atoms with van der Waals surface area (Å²) in [5, 5.41) is 2.31. The number of methoxy groups -OCH3 is 1. The number of fused-ring (bicyclic) bond motifs is 1. The molecular weight excluding hydrogens is 252 g/mol. The number of carbonyl (C=O) groups is 1. The van der Waals surface area contributed by atoms with Crippen LogP contribution in [-0.4, -0.2) is 19.7 Å². The first kappa shape index (κ1) is 14.4. The highest BCUT2D eigenvalue weighted by molar-refractivity contribution is 5.84. The molecule has 0 heterocycles. The minimum atomic E-state index is -0.151. The monoisotopic (exact) mass is 272 g/mol. The van der Waals surface area contributed by atoms with Crippen molar-refractivity contribution in [2.75, 3.05) is 13.7 Å². The van der Waals surface area contributed by atoms with Crippen molar-refractivity contribution in [1.29, 1.82) is 0 Å². The summed E-state index contributed by atoms with van der Waals surface area (Å²) in [6.07, 6.45) is 0.421. The van der Waals surface area contributed by atoms with E-state index in [1.165, 1.54) is 5.56 Å². The van der Waals surface area contributed by atoms with Gasteiger partial charge in [0.15, 0.2) is 0 Å². The molecule has 0 aliphatic rings. The van der Waals surface area contributed by atoms with E-state index >= 15 is 0 Å². The first-order valence-corrected chi connectivity index (χ1v) is 6.87.